The molecule has 0 spiro atoms. The number of aliphatic hydroxyl groups is 4. The van der Waals surface area contributed by atoms with Gasteiger partial charge in [0.25, 0.3) is 0 Å². The highest BCUT2D eigenvalue weighted by molar-refractivity contribution is 8.00. The van der Waals surface area contributed by atoms with Crippen LogP contribution in [0.25, 0.3) is 0 Å². The van der Waals surface area contributed by atoms with Crippen LogP contribution in [0.15, 0.2) is 0 Å². The van der Waals surface area contributed by atoms with Gasteiger partial charge in [0, 0.05) is 36.9 Å². The molecule has 4 atom stereocenters. The average Bonchev–Trinajstić information content (AvgIpc) is 2.89. The van der Waals surface area contributed by atoms with Gasteiger partial charge in [0.15, 0.2) is 0 Å². The summed E-state index contributed by atoms with van der Waals surface area (Å²) in [7, 11) is 0. The molecule has 4 unspecified atom stereocenters. The van der Waals surface area contributed by atoms with E-state index in [9.17, 15) is 20.4 Å². The Kier molecular flexibility index (Phi) is 29.2. The largest absolute Gasteiger partial charge is 0.396 e. The van der Waals surface area contributed by atoms with E-state index >= 15 is 0 Å². The van der Waals surface area contributed by atoms with Gasteiger partial charge in [0.2, 0.25) is 0 Å². The first-order chi connectivity index (χ1) is 18.1. The number of unbranched alkanes of at least 4 members (excludes halogenated alkanes) is 14. The van der Waals surface area contributed by atoms with E-state index in [1.807, 2.05) is 0 Å². The number of ether oxygens (including phenoxy) is 2. The third-order valence-electron chi connectivity index (χ3n) is 6.90. The molecule has 0 aliphatic heterocycles. The first-order valence-electron chi connectivity index (χ1n) is 15.5. The van der Waals surface area contributed by atoms with Gasteiger partial charge in [-0.1, -0.05) is 104 Å². The van der Waals surface area contributed by atoms with E-state index in [2.05, 4.69) is 13.8 Å². The summed E-state index contributed by atoms with van der Waals surface area (Å²) in [5, 5.41) is 39.9. The molecule has 0 aliphatic carbocycles. The van der Waals surface area contributed by atoms with Crippen LogP contribution in [0.1, 0.15) is 129 Å². The minimum Gasteiger partial charge on any atom is -0.396 e. The summed E-state index contributed by atoms with van der Waals surface area (Å²) in [6.45, 7) is 6.12. The molecule has 0 radical (unpaired) electrons. The molecule has 37 heavy (non-hydrogen) atoms. The van der Waals surface area contributed by atoms with Crippen LogP contribution in [0.2, 0.25) is 0 Å². The van der Waals surface area contributed by atoms with E-state index in [0.717, 1.165) is 25.7 Å². The monoisotopic (exact) mass is 550 g/mol. The van der Waals surface area contributed by atoms with Gasteiger partial charge in [0.1, 0.15) is 0 Å². The van der Waals surface area contributed by atoms with Crippen LogP contribution >= 0.6 is 11.8 Å². The third-order valence-corrected chi connectivity index (χ3v) is 8.70. The van der Waals surface area contributed by atoms with Gasteiger partial charge in [-0.3, -0.25) is 0 Å². The molecule has 0 aromatic rings. The summed E-state index contributed by atoms with van der Waals surface area (Å²) < 4.78 is 11.5. The molecule has 0 amide bonds. The van der Waals surface area contributed by atoms with Crippen LogP contribution in [0.3, 0.4) is 0 Å². The fraction of sp³-hybridized carbons (Fsp3) is 1.00. The van der Waals surface area contributed by atoms with Gasteiger partial charge < -0.3 is 29.9 Å². The Hall–Kier alpha value is 0.110. The van der Waals surface area contributed by atoms with E-state index in [1.165, 1.54) is 88.8 Å². The van der Waals surface area contributed by atoms with E-state index < -0.39 is 12.2 Å². The first kappa shape index (κ1) is 37.1. The molecule has 0 aromatic carbocycles. The molecule has 0 fully saturated rings. The zero-order valence-electron chi connectivity index (χ0n) is 24.3. The third kappa shape index (κ3) is 23.7. The van der Waals surface area contributed by atoms with Crippen molar-refractivity contribution in [2.45, 2.75) is 152 Å². The van der Waals surface area contributed by atoms with Gasteiger partial charge in [-0.05, 0) is 25.7 Å². The highest BCUT2D eigenvalue weighted by Gasteiger charge is 2.28. The maximum atomic E-state index is 10.7. The molecule has 6 nitrogen and oxygen atoms in total. The number of aliphatic hydroxyl groups excluding tert-OH is 4. The van der Waals surface area contributed by atoms with Crippen LogP contribution in [0, 0.1) is 0 Å². The van der Waals surface area contributed by atoms with Gasteiger partial charge in [-0.2, -0.15) is 0 Å². The number of hydrogen-bond acceptors (Lipinski definition) is 7. The van der Waals surface area contributed by atoms with Crippen molar-refractivity contribution in [1.29, 1.82) is 0 Å². The molecule has 224 valence electrons. The summed E-state index contributed by atoms with van der Waals surface area (Å²) in [6.07, 6.45) is 19.3. The smallest absolute Gasteiger partial charge is 0.0892 e. The molecular formula is C30H62O6S. The highest BCUT2D eigenvalue weighted by atomic mass is 32.2. The summed E-state index contributed by atoms with van der Waals surface area (Å²) >= 11 is 1.44. The minimum atomic E-state index is -0.724. The Balaban J connectivity index is 4.16. The Morgan fingerprint density at radius 1 is 0.514 bits per heavy atom. The standard InChI is InChI=1S/C30H62O6S/c1-3-5-7-9-11-13-15-17-23-35-25-27(33)29(19-21-31)37-30(20-22-32)28(34)26-36-24-18-16-14-12-10-8-6-4-2/h27-34H,3-26H2,1-2H3. The van der Waals surface area contributed by atoms with Crippen molar-refractivity contribution in [2.24, 2.45) is 0 Å². The Morgan fingerprint density at radius 2 is 0.838 bits per heavy atom. The fourth-order valence-corrected chi connectivity index (χ4v) is 5.93. The Morgan fingerprint density at radius 3 is 1.16 bits per heavy atom. The molecule has 0 bridgehead atoms. The van der Waals surface area contributed by atoms with Crippen molar-refractivity contribution in [3.63, 3.8) is 0 Å². The van der Waals surface area contributed by atoms with Crippen LogP contribution < -0.4 is 0 Å². The van der Waals surface area contributed by atoms with Crippen molar-refractivity contribution in [1.82, 2.24) is 0 Å². The summed E-state index contributed by atoms with van der Waals surface area (Å²) in [6, 6.07) is 0. The Bertz CT molecular complexity index is 404. The average molecular weight is 551 g/mol. The lowest BCUT2D eigenvalue weighted by molar-refractivity contribution is 0.0264. The lowest BCUT2D eigenvalue weighted by Crippen LogP contribution is -2.36. The second-order valence-electron chi connectivity index (χ2n) is 10.5. The van der Waals surface area contributed by atoms with Crippen LogP contribution in [-0.4, -0.2) is 82.8 Å². The molecule has 0 saturated carbocycles. The predicted octanol–water partition coefficient (Wildman–Crippen LogP) is 6.26. The maximum absolute atomic E-state index is 10.7. The van der Waals surface area contributed by atoms with E-state index in [-0.39, 0.29) is 36.9 Å². The predicted molar refractivity (Wildman–Crippen MR) is 157 cm³/mol. The summed E-state index contributed by atoms with van der Waals surface area (Å²) in [4.78, 5) is 0. The van der Waals surface area contributed by atoms with Gasteiger partial charge in [-0.15, -0.1) is 11.8 Å². The fourth-order valence-electron chi connectivity index (χ4n) is 4.48. The van der Waals surface area contributed by atoms with E-state index in [0.29, 0.717) is 26.1 Å². The van der Waals surface area contributed by atoms with E-state index in [1.54, 1.807) is 0 Å². The topological polar surface area (TPSA) is 99.4 Å². The molecule has 0 saturated heterocycles. The van der Waals surface area contributed by atoms with Crippen molar-refractivity contribution in [3.8, 4) is 0 Å². The maximum Gasteiger partial charge on any atom is 0.0892 e. The second kappa shape index (κ2) is 29.1. The number of thioether (sulfide) groups is 1. The first-order valence-corrected chi connectivity index (χ1v) is 16.4. The quantitative estimate of drug-likeness (QED) is 0.0784. The van der Waals surface area contributed by atoms with Crippen molar-refractivity contribution in [2.75, 3.05) is 39.6 Å². The van der Waals surface area contributed by atoms with Gasteiger partial charge >= 0.3 is 0 Å². The normalized spacial score (nSPS) is 15.1. The second-order valence-corrected chi connectivity index (χ2v) is 12.0. The minimum absolute atomic E-state index is 0.0381. The van der Waals surface area contributed by atoms with Crippen molar-refractivity contribution < 1.29 is 29.9 Å². The number of rotatable bonds is 30. The van der Waals surface area contributed by atoms with Gasteiger partial charge in [-0.25, -0.2) is 0 Å². The SMILES string of the molecule is CCCCCCCCCCOCC(O)C(CCO)SC(CCO)C(O)COCCCCCCCCCC. The zero-order valence-corrected chi connectivity index (χ0v) is 25.1. The lowest BCUT2D eigenvalue weighted by atomic mass is 10.1. The van der Waals surface area contributed by atoms with Crippen molar-refractivity contribution >= 4 is 11.8 Å². The van der Waals surface area contributed by atoms with Crippen molar-refractivity contribution in [3.05, 3.63) is 0 Å². The van der Waals surface area contributed by atoms with Crippen LogP contribution in [0.4, 0.5) is 0 Å². The summed E-state index contributed by atoms with van der Waals surface area (Å²) in [5.41, 5.74) is 0. The molecular weight excluding hydrogens is 488 g/mol. The summed E-state index contributed by atoms with van der Waals surface area (Å²) in [5.74, 6) is 0. The van der Waals surface area contributed by atoms with Crippen LogP contribution in [0.5, 0.6) is 0 Å². The molecule has 0 aliphatic rings. The van der Waals surface area contributed by atoms with E-state index in [4.69, 9.17) is 9.47 Å². The molecule has 7 heteroatoms. The molecule has 4 N–H and O–H groups in total. The Labute approximate surface area is 233 Å². The van der Waals surface area contributed by atoms with Gasteiger partial charge in [0.05, 0.1) is 25.4 Å². The molecule has 0 heterocycles. The zero-order chi connectivity index (χ0) is 27.4. The van der Waals surface area contributed by atoms with Crippen LogP contribution in [-0.2, 0) is 9.47 Å². The molecule has 0 rings (SSSR count). The lowest BCUT2D eigenvalue weighted by Gasteiger charge is -2.29. The molecule has 0 aromatic heterocycles. The number of hydrogen-bond donors (Lipinski definition) is 4. The highest BCUT2D eigenvalue weighted by Crippen LogP contribution is 2.28.